The van der Waals surface area contributed by atoms with Gasteiger partial charge in [0.2, 0.25) is 0 Å². The zero-order valence-electron chi connectivity index (χ0n) is 11.6. The van der Waals surface area contributed by atoms with Crippen molar-refractivity contribution >= 4 is 17.5 Å². The fourth-order valence-electron chi connectivity index (χ4n) is 2.50. The molecule has 3 rings (SSSR count). The predicted octanol–water partition coefficient (Wildman–Crippen LogP) is 3.30. The van der Waals surface area contributed by atoms with Crippen molar-refractivity contribution in [3.05, 3.63) is 64.7 Å². The van der Waals surface area contributed by atoms with Gasteiger partial charge in [-0.3, -0.25) is 4.79 Å². The third-order valence-electron chi connectivity index (χ3n) is 3.64. The number of amides is 1. The average Bonchev–Trinajstić information content (AvgIpc) is 2.52. The maximum atomic E-state index is 12.2. The topological polar surface area (TPSA) is 29.5 Å². The molecule has 1 aliphatic rings. The number of carbonyl (C=O) groups is 1. The van der Waals surface area contributed by atoms with E-state index in [2.05, 4.69) is 12.1 Å². The van der Waals surface area contributed by atoms with Crippen LogP contribution in [0.25, 0.3) is 0 Å². The number of nitrogens with zero attached hydrogens (tertiary/aromatic N) is 1. The lowest BCUT2D eigenvalue weighted by molar-refractivity contribution is -0.134. The second-order valence-corrected chi connectivity index (χ2v) is 5.52. The molecule has 1 aliphatic heterocycles. The Kier molecular flexibility index (Phi) is 4.11. The van der Waals surface area contributed by atoms with Crippen LogP contribution < -0.4 is 4.74 Å². The highest BCUT2D eigenvalue weighted by Gasteiger charge is 2.20. The minimum atomic E-state index is 0.00415. The summed E-state index contributed by atoms with van der Waals surface area (Å²) in [6.45, 7) is 1.45. The maximum Gasteiger partial charge on any atom is 0.260 e. The van der Waals surface area contributed by atoms with Crippen LogP contribution >= 0.6 is 11.6 Å². The molecule has 1 amide bonds. The first-order valence-electron chi connectivity index (χ1n) is 6.95. The first-order valence-corrected chi connectivity index (χ1v) is 7.33. The molecule has 0 fully saturated rings. The van der Waals surface area contributed by atoms with Gasteiger partial charge in [0, 0.05) is 18.1 Å². The summed E-state index contributed by atoms with van der Waals surface area (Å²) in [6.07, 6.45) is 0.902. The van der Waals surface area contributed by atoms with Gasteiger partial charge in [0.25, 0.3) is 5.91 Å². The molecule has 0 radical (unpaired) electrons. The van der Waals surface area contributed by atoms with Crippen molar-refractivity contribution < 1.29 is 9.53 Å². The van der Waals surface area contributed by atoms with Gasteiger partial charge in [-0.2, -0.15) is 0 Å². The number of halogens is 1. The van der Waals surface area contributed by atoms with Gasteiger partial charge in [0.05, 0.1) is 0 Å². The molecule has 0 aromatic heterocycles. The Balaban J connectivity index is 1.59. The number of ether oxygens (including phenoxy) is 1. The van der Waals surface area contributed by atoms with Gasteiger partial charge in [-0.25, -0.2) is 0 Å². The Labute approximate surface area is 129 Å². The van der Waals surface area contributed by atoms with E-state index in [1.807, 2.05) is 17.0 Å². The van der Waals surface area contributed by atoms with E-state index in [1.54, 1.807) is 24.3 Å². The fourth-order valence-corrected chi connectivity index (χ4v) is 2.68. The van der Waals surface area contributed by atoms with E-state index in [0.717, 1.165) is 13.0 Å². The number of rotatable bonds is 3. The second-order valence-electron chi connectivity index (χ2n) is 5.08. The van der Waals surface area contributed by atoms with E-state index in [-0.39, 0.29) is 12.5 Å². The van der Waals surface area contributed by atoms with E-state index in [1.165, 1.54) is 11.1 Å². The molecule has 21 heavy (non-hydrogen) atoms. The molecule has 0 spiro atoms. The Morgan fingerprint density at radius 3 is 2.76 bits per heavy atom. The van der Waals surface area contributed by atoms with Crippen molar-refractivity contribution in [3.8, 4) is 5.75 Å². The van der Waals surface area contributed by atoms with Crippen molar-refractivity contribution in [2.45, 2.75) is 13.0 Å². The molecule has 4 heteroatoms. The molecule has 2 aromatic rings. The molecule has 0 atom stereocenters. The smallest absolute Gasteiger partial charge is 0.260 e. The summed E-state index contributed by atoms with van der Waals surface area (Å²) < 4.78 is 5.51. The van der Waals surface area contributed by atoms with Gasteiger partial charge in [-0.15, -0.1) is 0 Å². The third kappa shape index (κ3) is 3.37. The van der Waals surface area contributed by atoms with Gasteiger partial charge in [0.15, 0.2) is 6.61 Å². The highest BCUT2D eigenvalue weighted by Crippen LogP contribution is 2.20. The number of fused-ring (bicyclic) bond motifs is 1. The minimum absolute atomic E-state index is 0.00415. The highest BCUT2D eigenvalue weighted by atomic mass is 35.5. The van der Waals surface area contributed by atoms with Crippen molar-refractivity contribution in [3.63, 3.8) is 0 Å². The Morgan fingerprint density at radius 1 is 1.14 bits per heavy atom. The van der Waals surface area contributed by atoms with Gasteiger partial charge in [-0.1, -0.05) is 41.9 Å². The summed E-state index contributed by atoms with van der Waals surface area (Å²) >= 11 is 5.89. The predicted molar refractivity (Wildman–Crippen MR) is 82.5 cm³/mol. The molecule has 0 aliphatic carbocycles. The molecule has 3 nitrogen and oxygen atoms in total. The molecule has 1 heterocycles. The van der Waals surface area contributed by atoms with Gasteiger partial charge in [-0.05, 0) is 35.7 Å². The highest BCUT2D eigenvalue weighted by molar-refractivity contribution is 6.30. The van der Waals surface area contributed by atoms with Crippen LogP contribution in [0.5, 0.6) is 5.75 Å². The summed E-state index contributed by atoms with van der Waals surface area (Å²) in [6, 6.07) is 15.3. The lowest BCUT2D eigenvalue weighted by atomic mass is 10.00. The first-order chi connectivity index (χ1) is 10.2. The zero-order valence-corrected chi connectivity index (χ0v) is 12.3. The number of carbonyl (C=O) groups excluding carboxylic acids is 1. The van der Waals surface area contributed by atoms with Gasteiger partial charge >= 0.3 is 0 Å². The molecule has 108 valence electrons. The largest absolute Gasteiger partial charge is 0.484 e. The first kappa shape index (κ1) is 14.0. The van der Waals surface area contributed by atoms with E-state index in [9.17, 15) is 4.79 Å². The van der Waals surface area contributed by atoms with Crippen LogP contribution in [0.2, 0.25) is 5.02 Å². The van der Waals surface area contributed by atoms with Crippen molar-refractivity contribution in [1.82, 2.24) is 4.90 Å². The van der Waals surface area contributed by atoms with Gasteiger partial charge < -0.3 is 9.64 Å². The molecule has 0 N–H and O–H groups in total. The van der Waals surface area contributed by atoms with Crippen LogP contribution in [0.4, 0.5) is 0 Å². The molecular formula is C17H16ClNO2. The monoisotopic (exact) mass is 301 g/mol. The van der Waals surface area contributed by atoms with E-state index in [0.29, 0.717) is 17.3 Å². The summed E-state index contributed by atoms with van der Waals surface area (Å²) in [4.78, 5) is 14.1. The normalized spacial score (nSPS) is 13.7. The quantitative estimate of drug-likeness (QED) is 0.870. The van der Waals surface area contributed by atoms with Crippen molar-refractivity contribution in [2.24, 2.45) is 0 Å². The zero-order chi connectivity index (χ0) is 14.7. The SMILES string of the molecule is O=C(COc1cccc(Cl)c1)N1CCc2ccccc2C1. The third-order valence-corrected chi connectivity index (χ3v) is 3.88. The van der Waals surface area contributed by atoms with Crippen LogP contribution in [-0.2, 0) is 17.8 Å². The lowest BCUT2D eigenvalue weighted by Gasteiger charge is -2.28. The van der Waals surface area contributed by atoms with E-state index >= 15 is 0 Å². The standard InChI is InChI=1S/C17H16ClNO2/c18-15-6-3-7-16(10-15)21-12-17(20)19-9-8-13-4-1-2-5-14(13)11-19/h1-7,10H,8-9,11-12H2. The summed E-state index contributed by atoms with van der Waals surface area (Å²) in [7, 11) is 0. The Bertz CT molecular complexity index is 657. The summed E-state index contributed by atoms with van der Waals surface area (Å²) in [5, 5.41) is 0.604. The van der Waals surface area contributed by atoms with Crippen molar-refractivity contribution in [2.75, 3.05) is 13.2 Å². The molecule has 0 unspecified atom stereocenters. The molecular weight excluding hydrogens is 286 g/mol. The van der Waals surface area contributed by atoms with E-state index < -0.39 is 0 Å². The fraction of sp³-hybridized carbons (Fsp3) is 0.235. The molecule has 2 aromatic carbocycles. The van der Waals surface area contributed by atoms with Gasteiger partial charge in [0.1, 0.15) is 5.75 Å². The Morgan fingerprint density at radius 2 is 1.95 bits per heavy atom. The van der Waals surface area contributed by atoms with Crippen LogP contribution in [-0.4, -0.2) is 24.0 Å². The molecule has 0 saturated carbocycles. The summed E-state index contributed by atoms with van der Waals surface area (Å²) in [5.41, 5.74) is 2.55. The van der Waals surface area contributed by atoms with E-state index in [4.69, 9.17) is 16.3 Å². The molecule has 0 bridgehead atoms. The number of hydrogen-bond donors (Lipinski definition) is 0. The van der Waals surface area contributed by atoms with Crippen molar-refractivity contribution in [1.29, 1.82) is 0 Å². The molecule has 0 saturated heterocycles. The average molecular weight is 302 g/mol. The summed E-state index contributed by atoms with van der Waals surface area (Å²) in [5.74, 6) is 0.623. The number of benzene rings is 2. The lowest BCUT2D eigenvalue weighted by Crippen LogP contribution is -2.38. The van der Waals surface area contributed by atoms with Crippen LogP contribution in [0, 0.1) is 0 Å². The Hall–Kier alpha value is -2.00. The minimum Gasteiger partial charge on any atom is -0.484 e. The second kappa shape index (κ2) is 6.19. The number of hydrogen-bond acceptors (Lipinski definition) is 2. The maximum absolute atomic E-state index is 12.2. The van der Waals surface area contributed by atoms with Crippen LogP contribution in [0.1, 0.15) is 11.1 Å². The van der Waals surface area contributed by atoms with Crippen LogP contribution in [0.3, 0.4) is 0 Å². The van der Waals surface area contributed by atoms with Crippen LogP contribution in [0.15, 0.2) is 48.5 Å².